The van der Waals surface area contributed by atoms with Gasteiger partial charge in [0, 0.05) is 0 Å². The Morgan fingerprint density at radius 2 is 1.76 bits per heavy atom. The summed E-state index contributed by atoms with van der Waals surface area (Å²) in [6, 6.07) is 10.0. The number of ether oxygens (including phenoxy) is 5. The van der Waals surface area contributed by atoms with Crippen LogP contribution in [0.25, 0.3) is 0 Å². The first-order valence-electron chi connectivity index (χ1n) is 11.0. The quantitative estimate of drug-likeness (QED) is 0.541. The molecule has 1 aliphatic heterocycles. The molecule has 0 radical (unpaired) electrons. The second kappa shape index (κ2) is 11.4. The maximum atomic E-state index is 12.4. The number of carbonyl (C=O) groups excluding carboxylic acids is 2. The van der Waals surface area contributed by atoms with Gasteiger partial charge >= 0.3 is 5.97 Å². The predicted molar refractivity (Wildman–Crippen MR) is 122 cm³/mol. The minimum absolute atomic E-state index is 0.274. The highest BCUT2D eigenvalue weighted by Crippen LogP contribution is 2.32. The molecule has 8 heteroatoms. The van der Waals surface area contributed by atoms with Crippen molar-refractivity contribution in [2.75, 3.05) is 33.5 Å². The van der Waals surface area contributed by atoms with Crippen molar-refractivity contribution in [3.8, 4) is 23.0 Å². The molecule has 1 unspecified atom stereocenters. The topological polar surface area (TPSA) is 92.3 Å². The van der Waals surface area contributed by atoms with E-state index in [2.05, 4.69) is 19.2 Å². The average Bonchev–Trinajstić information content (AvgIpc) is 2.82. The monoisotopic (exact) mass is 457 g/mol. The number of benzene rings is 2. The first-order chi connectivity index (χ1) is 15.9. The molecule has 0 saturated carbocycles. The lowest BCUT2D eigenvalue weighted by Crippen LogP contribution is -2.31. The third-order valence-corrected chi connectivity index (χ3v) is 5.13. The van der Waals surface area contributed by atoms with Crippen molar-refractivity contribution in [2.24, 2.45) is 5.92 Å². The van der Waals surface area contributed by atoms with E-state index in [1.54, 1.807) is 18.2 Å². The molecule has 1 N–H and O–H groups in total. The van der Waals surface area contributed by atoms with Gasteiger partial charge in [0.1, 0.15) is 13.2 Å². The zero-order valence-electron chi connectivity index (χ0n) is 19.5. The molecule has 1 amide bonds. The van der Waals surface area contributed by atoms with Crippen molar-refractivity contribution in [1.29, 1.82) is 0 Å². The number of esters is 1. The van der Waals surface area contributed by atoms with Crippen molar-refractivity contribution in [2.45, 2.75) is 33.2 Å². The predicted octanol–water partition coefficient (Wildman–Crippen LogP) is 3.93. The Labute approximate surface area is 194 Å². The van der Waals surface area contributed by atoms with Crippen molar-refractivity contribution in [3.63, 3.8) is 0 Å². The molecule has 2 aromatic carbocycles. The number of rotatable bonds is 10. The summed E-state index contributed by atoms with van der Waals surface area (Å²) in [7, 11) is 1.51. The molecule has 3 rings (SSSR count). The Bertz CT molecular complexity index is 973. The lowest BCUT2D eigenvalue weighted by molar-refractivity contribution is -0.124. The number of amides is 1. The molecule has 8 nitrogen and oxygen atoms in total. The van der Waals surface area contributed by atoms with Gasteiger partial charge in [-0.2, -0.15) is 0 Å². The van der Waals surface area contributed by atoms with E-state index in [9.17, 15) is 9.59 Å². The summed E-state index contributed by atoms with van der Waals surface area (Å²) >= 11 is 0. The zero-order valence-corrected chi connectivity index (χ0v) is 19.5. The molecule has 33 heavy (non-hydrogen) atoms. The molecule has 1 heterocycles. The van der Waals surface area contributed by atoms with Gasteiger partial charge in [-0.1, -0.05) is 19.9 Å². The van der Waals surface area contributed by atoms with Crippen molar-refractivity contribution in [3.05, 3.63) is 47.5 Å². The Kier molecular flexibility index (Phi) is 8.40. The average molecular weight is 458 g/mol. The molecule has 1 aliphatic rings. The van der Waals surface area contributed by atoms with Crippen LogP contribution in [-0.2, 0) is 9.53 Å². The smallest absolute Gasteiger partial charge is 0.338 e. The van der Waals surface area contributed by atoms with Crippen LogP contribution < -0.4 is 24.3 Å². The molecule has 0 aliphatic carbocycles. The Hall–Kier alpha value is -3.42. The third-order valence-electron chi connectivity index (χ3n) is 5.13. The molecule has 0 bridgehead atoms. The lowest BCUT2D eigenvalue weighted by atomic mass is 10.1. The van der Waals surface area contributed by atoms with Gasteiger partial charge in [-0.25, -0.2) is 4.79 Å². The molecule has 178 valence electrons. The van der Waals surface area contributed by atoms with E-state index in [0.29, 0.717) is 48.7 Å². The number of hydrogen-bond donors (Lipinski definition) is 1. The summed E-state index contributed by atoms with van der Waals surface area (Å²) in [4.78, 5) is 24.7. The van der Waals surface area contributed by atoms with Gasteiger partial charge in [0.15, 0.2) is 29.6 Å². The van der Waals surface area contributed by atoms with Gasteiger partial charge in [-0.05, 0) is 55.2 Å². The van der Waals surface area contributed by atoms with Gasteiger partial charge in [0.2, 0.25) is 0 Å². The van der Waals surface area contributed by atoms with E-state index in [-0.39, 0.29) is 11.6 Å². The van der Waals surface area contributed by atoms with Gasteiger partial charge in [-0.3, -0.25) is 4.79 Å². The van der Waals surface area contributed by atoms with Crippen LogP contribution in [0.15, 0.2) is 36.4 Å². The summed E-state index contributed by atoms with van der Waals surface area (Å²) in [6.45, 7) is 7.24. The van der Waals surface area contributed by atoms with E-state index >= 15 is 0 Å². The number of carbonyl (C=O) groups is 2. The molecular formula is C25H31NO7. The molecule has 0 spiro atoms. The van der Waals surface area contributed by atoms with Gasteiger partial charge in [0.25, 0.3) is 5.91 Å². The maximum Gasteiger partial charge on any atom is 0.338 e. The summed E-state index contributed by atoms with van der Waals surface area (Å²) in [6.07, 6.45) is 0.909. The highest BCUT2D eigenvalue weighted by Gasteiger charge is 2.18. The van der Waals surface area contributed by atoms with Crippen LogP contribution in [0.4, 0.5) is 0 Å². The Morgan fingerprint density at radius 1 is 1.00 bits per heavy atom. The normalized spacial score (nSPS) is 13.2. The van der Waals surface area contributed by atoms with E-state index in [1.165, 1.54) is 7.11 Å². The fourth-order valence-corrected chi connectivity index (χ4v) is 3.23. The third kappa shape index (κ3) is 6.78. The molecule has 0 aromatic heterocycles. The van der Waals surface area contributed by atoms with E-state index in [1.807, 2.05) is 25.1 Å². The van der Waals surface area contributed by atoms with Crippen LogP contribution in [0.1, 0.15) is 49.2 Å². The zero-order chi connectivity index (χ0) is 23.8. The largest absolute Gasteiger partial charge is 0.493 e. The SMILES string of the molecule is COc1cc(C(=O)OCC(=O)NC(C)c2ccc3c(c2)OCCO3)ccc1OCCC(C)C. The van der Waals surface area contributed by atoms with Crippen molar-refractivity contribution in [1.82, 2.24) is 5.32 Å². The van der Waals surface area contributed by atoms with E-state index in [4.69, 9.17) is 23.7 Å². The Balaban J connectivity index is 1.51. The second-order valence-electron chi connectivity index (χ2n) is 8.17. The fourth-order valence-electron chi connectivity index (χ4n) is 3.23. The number of methoxy groups -OCH3 is 1. The highest BCUT2D eigenvalue weighted by molar-refractivity contribution is 5.92. The van der Waals surface area contributed by atoms with Crippen LogP contribution in [-0.4, -0.2) is 45.4 Å². The summed E-state index contributed by atoms with van der Waals surface area (Å²) in [5.41, 5.74) is 1.13. The summed E-state index contributed by atoms with van der Waals surface area (Å²) in [5.74, 6) is 1.82. The fraction of sp³-hybridized carbons (Fsp3) is 0.440. The minimum Gasteiger partial charge on any atom is -0.493 e. The number of fused-ring (bicyclic) bond motifs is 1. The van der Waals surface area contributed by atoms with Crippen LogP contribution >= 0.6 is 0 Å². The molecule has 0 fully saturated rings. The van der Waals surface area contributed by atoms with Crippen molar-refractivity contribution >= 4 is 11.9 Å². The van der Waals surface area contributed by atoms with Gasteiger partial charge in [-0.15, -0.1) is 0 Å². The Morgan fingerprint density at radius 3 is 2.48 bits per heavy atom. The standard InChI is InChI=1S/C25H31NO7/c1-16(2)9-10-30-20-8-6-19(14-22(20)29-4)25(28)33-15-24(27)26-17(3)18-5-7-21-23(13-18)32-12-11-31-21/h5-8,13-14,16-17H,9-12,15H2,1-4H3,(H,26,27). The summed E-state index contributed by atoms with van der Waals surface area (Å²) in [5, 5.41) is 2.82. The van der Waals surface area contributed by atoms with E-state index in [0.717, 1.165) is 12.0 Å². The second-order valence-corrected chi connectivity index (χ2v) is 8.17. The van der Waals surface area contributed by atoms with Crippen LogP contribution in [0.5, 0.6) is 23.0 Å². The van der Waals surface area contributed by atoms with Crippen LogP contribution in [0, 0.1) is 5.92 Å². The lowest BCUT2D eigenvalue weighted by Gasteiger charge is -2.21. The van der Waals surface area contributed by atoms with E-state index < -0.39 is 18.5 Å². The number of hydrogen-bond acceptors (Lipinski definition) is 7. The first kappa shape index (κ1) is 24.2. The highest BCUT2D eigenvalue weighted by atomic mass is 16.6. The molecule has 2 aromatic rings. The van der Waals surface area contributed by atoms with Gasteiger partial charge < -0.3 is 29.0 Å². The minimum atomic E-state index is -0.621. The van der Waals surface area contributed by atoms with Crippen molar-refractivity contribution < 1.29 is 33.3 Å². The maximum absolute atomic E-state index is 12.4. The summed E-state index contributed by atoms with van der Waals surface area (Å²) < 4.78 is 27.3. The molecular weight excluding hydrogens is 426 g/mol. The number of nitrogens with one attached hydrogen (secondary N) is 1. The molecule has 1 atom stereocenters. The first-order valence-corrected chi connectivity index (χ1v) is 11.0. The van der Waals surface area contributed by atoms with Crippen LogP contribution in [0.2, 0.25) is 0 Å². The van der Waals surface area contributed by atoms with Crippen LogP contribution in [0.3, 0.4) is 0 Å². The molecule has 0 saturated heterocycles. The van der Waals surface area contributed by atoms with Gasteiger partial charge in [0.05, 0.1) is 25.3 Å².